The molecule has 0 amide bonds. The van der Waals surface area contributed by atoms with Crippen LogP contribution in [0.3, 0.4) is 0 Å². The van der Waals surface area contributed by atoms with Gasteiger partial charge >= 0.3 is 0 Å². The van der Waals surface area contributed by atoms with Gasteiger partial charge in [-0.15, -0.1) is 0 Å². The monoisotopic (exact) mass is 720 g/mol. The first-order chi connectivity index (χ1) is 17.9. The number of halogens is 1. The zero-order chi connectivity index (χ0) is 30.7. The standard InChI is InChI=1S/C28H53IN4O4Si3/c1-26(2,3)38(10,11)34-16-19-21(36-39(12,13)27(4,5)6)22(37-40(14,15)28(7,8)9)25(35-19)33-18-32-20-23(29)30-17-31-24(20)33/h17-19,21-22,25H,16H2,1-15H3/t19-,21-,22-,25-/m1/s1. The van der Waals surface area contributed by atoms with Gasteiger partial charge in [0.15, 0.2) is 36.8 Å². The molecule has 1 aliphatic heterocycles. The third kappa shape index (κ3) is 6.94. The predicted molar refractivity (Wildman–Crippen MR) is 179 cm³/mol. The van der Waals surface area contributed by atoms with Crippen LogP contribution in [0, 0.1) is 3.70 Å². The lowest BCUT2D eigenvalue weighted by atomic mass is 10.1. The van der Waals surface area contributed by atoms with Gasteiger partial charge < -0.3 is 18.0 Å². The van der Waals surface area contributed by atoms with Crippen molar-refractivity contribution < 1.29 is 18.0 Å². The maximum absolute atomic E-state index is 7.25. The maximum atomic E-state index is 7.25. The highest BCUT2D eigenvalue weighted by atomic mass is 127. The van der Waals surface area contributed by atoms with Crippen LogP contribution in [-0.2, 0) is 18.0 Å². The Morgan fingerprint density at radius 3 is 1.77 bits per heavy atom. The molecule has 0 spiro atoms. The van der Waals surface area contributed by atoms with Crippen molar-refractivity contribution in [1.82, 2.24) is 19.5 Å². The van der Waals surface area contributed by atoms with Crippen LogP contribution < -0.4 is 0 Å². The Bertz CT molecular complexity index is 1180. The Hall–Kier alpha value is -0.229. The highest BCUT2D eigenvalue weighted by Crippen LogP contribution is 2.47. The van der Waals surface area contributed by atoms with Gasteiger partial charge in [-0.3, -0.25) is 4.57 Å². The molecule has 3 rings (SSSR count). The average Bonchev–Trinajstić information content (AvgIpc) is 3.32. The summed E-state index contributed by atoms with van der Waals surface area (Å²) >= 11 is 2.21. The zero-order valence-electron chi connectivity index (χ0n) is 27.5. The van der Waals surface area contributed by atoms with Crippen LogP contribution in [0.4, 0.5) is 0 Å². The van der Waals surface area contributed by atoms with Gasteiger partial charge in [0.25, 0.3) is 0 Å². The fourth-order valence-corrected chi connectivity index (χ4v) is 8.01. The SMILES string of the molecule is CC(C)(C)[Si](C)(C)OC[C@H]1O[C@@H](n2cnc3c(I)ncnc32)[C@H](O[Si](C)(C)C(C)(C)C)[C@@H]1O[Si](C)(C)C(C)(C)C. The molecule has 0 saturated carbocycles. The van der Waals surface area contributed by atoms with Gasteiger partial charge in [0.2, 0.25) is 0 Å². The molecule has 2 aromatic rings. The van der Waals surface area contributed by atoms with Crippen LogP contribution >= 0.6 is 22.6 Å². The van der Waals surface area contributed by atoms with Crippen molar-refractivity contribution in [3.63, 3.8) is 0 Å². The van der Waals surface area contributed by atoms with Gasteiger partial charge in [0.1, 0.15) is 33.9 Å². The summed E-state index contributed by atoms with van der Waals surface area (Å²) in [6.07, 6.45) is 2.03. The number of ether oxygens (including phenoxy) is 1. The van der Waals surface area contributed by atoms with Gasteiger partial charge in [-0.25, -0.2) is 15.0 Å². The number of imidazole rings is 1. The predicted octanol–water partition coefficient (Wildman–Crippen LogP) is 8.13. The molecule has 12 heteroatoms. The number of rotatable bonds is 8. The highest BCUT2D eigenvalue weighted by Gasteiger charge is 2.55. The van der Waals surface area contributed by atoms with E-state index in [2.05, 4.69) is 139 Å². The Morgan fingerprint density at radius 2 is 1.27 bits per heavy atom. The number of aromatic nitrogens is 4. The molecule has 1 fully saturated rings. The summed E-state index contributed by atoms with van der Waals surface area (Å²) in [5.41, 5.74) is 1.51. The van der Waals surface area contributed by atoms with Crippen LogP contribution in [-0.4, -0.2) is 69.4 Å². The molecule has 4 atom stereocenters. The second-order valence-electron chi connectivity index (χ2n) is 15.8. The van der Waals surface area contributed by atoms with E-state index in [0.717, 1.165) is 14.9 Å². The first-order valence-electron chi connectivity index (χ1n) is 14.4. The van der Waals surface area contributed by atoms with E-state index >= 15 is 0 Å². The lowest BCUT2D eigenvalue weighted by Crippen LogP contribution is -2.54. The van der Waals surface area contributed by atoms with E-state index in [9.17, 15) is 0 Å². The summed E-state index contributed by atoms with van der Waals surface area (Å²) in [5.74, 6) is 0. The molecule has 0 aliphatic carbocycles. The maximum Gasteiger partial charge on any atom is 0.192 e. The third-order valence-corrected chi connectivity index (χ3v) is 24.0. The number of nitrogens with zero attached hydrogens (tertiary/aromatic N) is 4. The van der Waals surface area contributed by atoms with E-state index in [0.29, 0.717) is 6.61 Å². The largest absolute Gasteiger partial charge is 0.414 e. The van der Waals surface area contributed by atoms with Crippen LogP contribution in [0.15, 0.2) is 12.7 Å². The smallest absolute Gasteiger partial charge is 0.192 e. The van der Waals surface area contributed by atoms with Gasteiger partial charge in [-0.1, -0.05) is 62.3 Å². The van der Waals surface area contributed by atoms with Crippen molar-refractivity contribution in [2.45, 2.75) is 141 Å². The summed E-state index contributed by atoms with van der Waals surface area (Å²) in [4.78, 5) is 13.6. The summed E-state index contributed by atoms with van der Waals surface area (Å²) in [5, 5.41) is 0.137. The van der Waals surface area contributed by atoms with E-state index in [-0.39, 0.29) is 33.4 Å². The fourth-order valence-electron chi connectivity index (χ4n) is 3.88. The topological polar surface area (TPSA) is 80.5 Å². The molecular weight excluding hydrogens is 667 g/mol. The summed E-state index contributed by atoms with van der Waals surface area (Å²) < 4.78 is 31.1. The molecular formula is C28H53IN4O4Si3. The molecule has 2 aromatic heterocycles. The first kappa shape index (κ1) is 34.3. The van der Waals surface area contributed by atoms with Crippen molar-refractivity contribution in [2.24, 2.45) is 0 Å². The second kappa shape index (κ2) is 11.4. The van der Waals surface area contributed by atoms with Gasteiger partial charge in [-0.05, 0) is 77.0 Å². The number of fused-ring (bicyclic) bond motifs is 1. The van der Waals surface area contributed by atoms with Crippen molar-refractivity contribution in [3.8, 4) is 0 Å². The third-order valence-electron chi connectivity index (χ3n) is 9.76. The minimum absolute atomic E-state index is 0.0172. The van der Waals surface area contributed by atoms with E-state index in [1.807, 2.05) is 10.9 Å². The fraction of sp³-hybridized carbons (Fsp3) is 0.821. The van der Waals surface area contributed by atoms with Gasteiger partial charge in [0.05, 0.1) is 12.9 Å². The van der Waals surface area contributed by atoms with Crippen molar-refractivity contribution in [3.05, 3.63) is 16.4 Å². The van der Waals surface area contributed by atoms with Gasteiger partial charge in [-0.2, -0.15) is 0 Å². The Balaban J connectivity index is 2.15. The molecule has 228 valence electrons. The van der Waals surface area contributed by atoms with E-state index in [1.54, 1.807) is 6.33 Å². The molecule has 1 aliphatic rings. The van der Waals surface area contributed by atoms with Crippen LogP contribution in [0.1, 0.15) is 68.5 Å². The number of hydrogen-bond donors (Lipinski definition) is 0. The molecule has 8 nitrogen and oxygen atoms in total. The summed E-state index contributed by atoms with van der Waals surface area (Å²) in [6.45, 7) is 34.7. The Labute approximate surface area is 259 Å². The Kier molecular flexibility index (Phi) is 9.73. The molecule has 0 N–H and O–H groups in total. The summed E-state index contributed by atoms with van der Waals surface area (Å²) in [7, 11) is -6.47. The minimum Gasteiger partial charge on any atom is -0.414 e. The normalized spacial score (nSPS) is 23.8. The van der Waals surface area contributed by atoms with E-state index in [1.165, 1.54) is 0 Å². The molecule has 0 aromatic carbocycles. The molecule has 3 heterocycles. The van der Waals surface area contributed by atoms with Crippen LogP contribution in [0.5, 0.6) is 0 Å². The highest BCUT2D eigenvalue weighted by molar-refractivity contribution is 14.1. The average molecular weight is 721 g/mol. The zero-order valence-corrected chi connectivity index (χ0v) is 32.6. The second-order valence-corrected chi connectivity index (χ2v) is 31.2. The molecule has 0 bridgehead atoms. The van der Waals surface area contributed by atoms with Crippen molar-refractivity contribution in [2.75, 3.05) is 6.61 Å². The van der Waals surface area contributed by atoms with E-state index < -0.39 is 31.2 Å². The minimum atomic E-state index is -2.23. The lowest BCUT2D eigenvalue weighted by Gasteiger charge is -2.44. The van der Waals surface area contributed by atoms with Crippen molar-refractivity contribution >= 4 is 58.7 Å². The molecule has 1 saturated heterocycles. The van der Waals surface area contributed by atoms with Gasteiger partial charge in [0, 0.05) is 0 Å². The van der Waals surface area contributed by atoms with Crippen molar-refractivity contribution in [1.29, 1.82) is 0 Å². The number of hydrogen-bond acceptors (Lipinski definition) is 7. The lowest BCUT2D eigenvalue weighted by molar-refractivity contribution is -0.0470. The van der Waals surface area contributed by atoms with Crippen LogP contribution in [0.25, 0.3) is 11.2 Å². The molecule has 0 unspecified atom stereocenters. The Morgan fingerprint density at radius 1 is 0.775 bits per heavy atom. The van der Waals surface area contributed by atoms with Crippen LogP contribution in [0.2, 0.25) is 54.4 Å². The quantitative estimate of drug-likeness (QED) is 0.155. The molecule has 0 radical (unpaired) electrons. The van der Waals surface area contributed by atoms with E-state index in [4.69, 9.17) is 18.0 Å². The molecule has 40 heavy (non-hydrogen) atoms. The summed E-state index contributed by atoms with van der Waals surface area (Å²) in [6, 6.07) is 0. The first-order valence-corrected chi connectivity index (χ1v) is 24.2.